The predicted octanol–water partition coefficient (Wildman–Crippen LogP) is 2.51. The second-order valence-electron chi connectivity index (χ2n) is 9.47. The van der Waals surface area contributed by atoms with Crippen molar-refractivity contribution in [1.29, 1.82) is 0 Å². The van der Waals surface area contributed by atoms with Gasteiger partial charge in [-0.25, -0.2) is 18.4 Å². The highest BCUT2D eigenvalue weighted by atomic mass is 32.2. The molecule has 1 aliphatic heterocycles. The topological polar surface area (TPSA) is 151 Å². The van der Waals surface area contributed by atoms with E-state index in [1.807, 2.05) is 18.7 Å². The molecule has 1 unspecified atom stereocenters. The number of fused-ring (bicyclic) bond motifs is 2. The summed E-state index contributed by atoms with van der Waals surface area (Å²) in [5, 5.41) is 0.374. The van der Waals surface area contributed by atoms with Crippen LogP contribution < -0.4 is 10.3 Å². The zero-order chi connectivity index (χ0) is 28.4. The maximum Gasteiger partial charge on any atom is 0.324 e. The summed E-state index contributed by atoms with van der Waals surface area (Å²) >= 11 is 0. The van der Waals surface area contributed by atoms with Crippen LogP contribution in [0.25, 0.3) is 33.3 Å². The molecule has 2 aromatic carbocycles. The maximum absolute atomic E-state index is 13.8. The number of esters is 1. The monoisotopic (exact) mass is 568 g/mol. The first-order valence-corrected chi connectivity index (χ1v) is 14.8. The summed E-state index contributed by atoms with van der Waals surface area (Å²) in [5.74, 6) is 0.123. The molecule has 212 valence electrons. The molecule has 0 radical (unpaired) electrons. The number of sulfonamides is 1. The summed E-state index contributed by atoms with van der Waals surface area (Å²) in [5.41, 5.74) is 1.74. The molecule has 4 aromatic rings. The molecule has 5 rings (SSSR count). The van der Waals surface area contributed by atoms with Crippen LogP contribution in [0.2, 0.25) is 0 Å². The standard InChI is InChI=1S/C27H32N6O6S/c1-4-11-39-24-8-7-17(40(36,37)33-10-9-32(5-2)23(15-33)27(35)38-6-3)12-19(24)25-30-20-14-22-21(28-16-29-22)13-18(20)26(34)31-25/h7-8,12-14,16,23H,4-6,9-11,15H2,1-3H3,(H,28,29)(H,30,31,34). The van der Waals surface area contributed by atoms with Crippen LogP contribution in [0.4, 0.5) is 0 Å². The summed E-state index contributed by atoms with van der Waals surface area (Å²) in [6.45, 7) is 7.39. The van der Waals surface area contributed by atoms with E-state index in [-0.39, 0.29) is 36.0 Å². The van der Waals surface area contributed by atoms with E-state index < -0.39 is 22.0 Å². The van der Waals surface area contributed by atoms with Crippen LogP contribution in [0.3, 0.4) is 0 Å². The van der Waals surface area contributed by atoms with Crippen LogP contribution in [0, 0.1) is 0 Å². The molecule has 0 spiro atoms. The van der Waals surface area contributed by atoms with Gasteiger partial charge in [-0.15, -0.1) is 0 Å². The molecule has 12 nitrogen and oxygen atoms in total. The lowest BCUT2D eigenvalue weighted by molar-refractivity contribution is -0.151. The third kappa shape index (κ3) is 5.19. The summed E-state index contributed by atoms with van der Waals surface area (Å²) < 4.78 is 40.1. The van der Waals surface area contributed by atoms with Gasteiger partial charge in [0.05, 0.1) is 51.9 Å². The first-order valence-electron chi connectivity index (χ1n) is 13.3. The van der Waals surface area contributed by atoms with E-state index in [0.717, 1.165) is 6.42 Å². The van der Waals surface area contributed by atoms with Gasteiger partial charge < -0.3 is 19.4 Å². The number of carbonyl (C=O) groups excluding carboxylic acids is 1. The molecule has 40 heavy (non-hydrogen) atoms. The molecule has 1 saturated heterocycles. The van der Waals surface area contributed by atoms with Crippen molar-refractivity contribution in [2.24, 2.45) is 0 Å². The molecule has 0 amide bonds. The molecular weight excluding hydrogens is 536 g/mol. The van der Waals surface area contributed by atoms with E-state index in [9.17, 15) is 18.0 Å². The highest BCUT2D eigenvalue weighted by Crippen LogP contribution is 2.33. The second kappa shape index (κ2) is 11.4. The highest BCUT2D eigenvalue weighted by Gasteiger charge is 2.38. The number of ether oxygens (including phenoxy) is 2. The number of hydrogen-bond acceptors (Lipinski definition) is 9. The van der Waals surface area contributed by atoms with Crippen molar-refractivity contribution >= 4 is 37.9 Å². The van der Waals surface area contributed by atoms with Crippen molar-refractivity contribution in [3.63, 3.8) is 0 Å². The van der Waals surface area contributed by atoms with Crippen LogP contribution in [0.15, 0.2) is 46.3 Å². The van der Waals surface area contributed by atoms with E-state index in [2.05, 4.69) is 19.9 Å². The minimum Gasteiger partial charge on any atom is -0.493 e. The lowest BCUT2D eigenvalue weighted by Crippen LogP contribution is -2.57. The Morgan fingerprint density at radius 3 is 2.70 bits per heavy atom. The number of benzene rings is 2. The smallest absolute Gasteiger partial charge is 0.324 e. The molecule has 0 bridgehead atoms. The zero-order valence-corrected chi connectivity index (χ0v) is 23.5. The van der Waals surface area contributed by atoms with E-state index >= 15 is 0 Å². The fourth-order valence-electron chi connectivity index (χ4n) is 4.89. The van der Waals surface area contributed by atoms with Gasteiger partial charge in [0.1, 0.15) is 17.6 Å². The average Bonchev–Trinajstić information content (AvgIpc) is 3.42. The van der Waals surface area contributed by atoms with Gasteiger partial charge in [-0.1, -0.05) is 13.8 Å². The number of hydrogen-bond donors (Lipinski definition) is 2. The molecule has 1 atom stereocenters. The molecule has 2 aromatic heterocycles. The Morgan fingerprint density at radius 1 is 1.12 bits per heavy atom. The highest BCUT2D eigenvalue weighted by molar-refractivity contribution is 7.89. The molecule has 2 N–H and O–H groups in total. The summed E-state index contributed by atoms with van der Waals surface area (Å²) in [7, 11) is -4.01. The molecular formula is C27H32N6O6S. The molecule has 1 aliphatic rings. The summed E-state index contributed by atoms with van der Waals surface area (Å²) in [6, 6.07) is 7.20. The number of aromatic amines is 2. The molecule has 3 heterocycles. The second-order valence-corrected chi connectivity index (χ2v) is 11.4. The largest absolute Gasteiger partial charge is 0.493 e. The Hall–Kier alpha value is -3.81. The van der Waals surface area contributed by atoms with Gasteiger partial charge in [0.15, 0.2) is 0 Å². The van der Waals surface area contributed by atoms with Crippen LogP contribution in [0.1, 0.15) is 27.2 Å². The number of nitrogens with one attached hydrogen (secondary N) is 2. The third-order valence-corrected chi connectivity index (χ3v) is 8.83. The molecule has 0 aliphatic carbocycles. The molecule has 1 fully saturated rings. The van der Waals surface area contributed by atoms with E-state index in [4.69, 9.17) is 9.47 Å². The van der Waals surface area contributed by atoms with Crippen molar-refractivity contribution in [2.75, 3.05) is 39.4 Å². The molecule has 0 saturated carbocycles. The number of piperazine rings is 1. The number of carbonyl (C=O) groups is 1. The number of likely N-dealkylation sites (N-methyl/N-ethyl adjacent to an activating group) is 1. The zero-order valence-electron chi connectivity index (χ0n) is 22.6. The lowest BCUT2D eigenvalue weighted by atomic mass is 10.1. The van der Waals surface area contributed by atoms with Gasteiger partial charge in [-0.3, -0.25) is 14.5 Å². The number of H-pyrrole nitrogens is 2. The predicted molar refractivity (Wildman–Crippen MR) is 150 cm³/mol. The van der Waals surface area contributed by atoms with Gasteiger partial charge in [-0.05, 0) is 50.2 Å². The van der Waals surface area contributed by atoms with Crippen molar-refractivity contribution < 1.29 is 22.7 Å². The van der Waals surface area contributed by atoms with Crippen LogP contribution in [-0.4, -0.2) is 89.0 Å². The van der Waals surface area contributed by atoms with Crippen molar-refractivity contribution in [3.05, 3.63) is 47.0 Å². The first kappa shape index (κ1) is 27.7. The number of rotatable bonds is 9. The van der Waals surface area contributed by atoms with Crippen molar-refractivity contribution in [2.45, 2.75) is 38.1 Å². The fourth-order valence-corrected chi connectivity index (χ4v) is 6.36. The number of aromatic nitrogens is 4. The van der Waals surface area contributed by atoms with E-state index in [0.29, 0.717) is 52.9 Å². The Balaban J connectivity index is 1.57. The SMILES string of the molecule is CCCOc1ccc(S(=O)(=O)N2CCN(CC)C(C(=O)OCC)C2)cc1-c1nc2cc3nc[nH]c3cc2c(=O)[nH]1. The Bertz CT molecular complexity index is 1720. The minimum atomic E-state index is -4.01. The summed E-state index contributed by atoms with van der Waals surface area (Å²) in [4.78, 5) is 42.3. The quantitative estimate of drug-likeness (QED) is 0.290. The van der Waals surface area contributed by atoms with Gasteiger partial charge in [0.2, 0.25) is 10.0 Å². The van der Waals surface area contributed by atoms with E-state index in [1.54, 1.807) is 25.1 Å². The van der Waals surface area contributed by atoms with E-state index in [1.165, 1.54) is 22.8 Å². The Kier molecular flexibility index (Phi) is 7.88. The van der Waals surface area contributed by atoms with Gasteiger partial charge in [0.25, 0.3) is 5.56 Å². The minimum absolute atomic E-state index is 0.00408. The first-order chi connectivity index (χ1) is 19.3. The van der Waals surface area contributed by atoms with Gasteiger partial charge in [0, 0.05) is 19.6 Å². The lowest BCUT2D eigenvalue weighted by Gasteiger charge is -2.38. The Labute approximate surface area is 231 Å². The summed E-state index contributed by atoms with van der Waals surface area (Å²) in [6.07, 6.45) is 2.27. The van der Waals surface area contributed by atoms with Crippen molar-refractivity contribution in [1.82, 2.24) is 29.1 Å². The van der Waals surface area contributed by atoms with Gasteiger partial charge in [-0.2, -0.15) is 4.31 Å². The van der Waals surface area contributed by atoms with Crippen LogP contribution >= 0.6 is 0 Å². The fraction of sp³-hybridized carbons (Fsp3) is 0.407. The Morgan fingerprint density at radius 2 is 1.95 bits per heavy atom. The van der Waals surface area contributed by atoms with Crippen LogP contribution in [0.5, 0.6) is 5.75 Å². The van der Waals surface area contributed by atoms with Gasteiger partial charge >= 0.3 is 5.97 Å². The van der Waals surface area contributed by atoms with Crippen molar-refractivity contribution in [3.8, 4) is 17.1 Å². The normalized spacial score (nSPS) is 16.9. The molecule has 13 heteroatoms. The van der Waals surface area contributed by atoms with Crippen LogP contribution in [-0.2, 0) is 19.6 Å². The average molecular weight is 569 g/mol. The third-order valence-electron chi connectivity index (χ3n) is 6.97. The number of nitrogens with zero attached hydrogens (tertiary/aromatic N) is 4. The maximum atomic E-state index is 13.8. The number of imidazole rings is 1.